The van der Waals surface area contributed by atoms with Gasteiger partial charge in [0.2, 0.25) is 0 Å². The molecule has 0 saturated carbocycles. The molecule has 0 saturated heterocycles. The number of pyridine rings is 1. The molecule has 0 spiro atoms. The lowest BCUT2D eigenvalue weighted by molar-refractivity contribution is 0.409. The monoisotopic (exact) mass is 292 g/mol. The van der Waals surface area contributed by atoms with Crippen LogP contribution in [0.5, 0.6) is 5.75 Å². The second-order valence-electron chi connectivity index (χ2n) is 4.16. The Morgan fingerprint density at radius 1 is 1.41 bits per heavy atom. The molecule has 1 aromatic carbocycles. The van der Waals surface area contributed by atoms with E-state index in [1.807, 2.05) is 12.1 Å². The largest absolute Gasteiger partial charge is 0.496 e. The van der Waals surface area contributed by atoms with Gasteiger partial charge in [0.25, 0.3) is 0 Å². The van der Waals surface area contributed by atoms with Crippen molar-refractivity contribution in [2.75, 3.05) is 13.7 Å². The molecule has 2 aromatic rings. The summed E-state index contributed by atoms with van der Waals surface area (Å²) in [6.07, 6.45) is 0.970. The molecule has 4 heteroatoms. The number of benzene rings is 1. The van der Waals surface area contributed by atoms with Gasteiger partial charge in [0.05, 0.1) is 18.3 Å². The van der Waals surface area contributed by atoms with E-state index in [1.165, 1.54) is 5.56 Å². The molecule has 0 amide bonds. The Morgan fingerprint density at radius 3 is 3.12 bits per heavy atom. The molecule has 0 bridgehead atoms. The first-order chi connectivity index (χ1) is 8.29. The van der Waals surface area contributed by atoms with Crippen LogP contribution in [-0.4, -0.2) is 18.6 Å². The summed E-state index contributed by atoms with van der Waals surface area (Å²) in [7, 11) is 1.73. The fraction of sp³-hybridized carbons (Fsp3) is 0.308. The normalized spacial score (nSPS) is 14.7. The molecule has 1 aliphatic heterocycles. The lowest BCUT2D eigenvalue weighted by Crippen LogP contribution is -2.25. The zero-order chi connectivity index (χ0) is 11.8. The van der Waals surface area contributed by atoms with Crippen LogP contribution in [0.2, 0.25) is 0 Å². The summed E-state index contributed by atoms with van der Waals surface area (Å²) >= 11 is 3.49. The Labute approximate surface area is 108 Å². The standard InChI is InChI=1S/C13H13BrN2O/c1-17-13-9-6-8(14)2-3-11(9)16-12-4-5-15-7-10(12)13/h2-3,6,15H,4-5,7H2,1H3. The second kappa shape index (κ2) is 4.27. The average molecular weight is 293 g/mol. The number of hydrogen-bond acceptors (Lipinski definition) is 3. The van der Waals surface area contributed by atoms with Crippen molar-refractivity contribution in [3.8, 4) is 5.75 Å². The van der Waals surface area contributed by atoms with Crippen molar-refractivity contribution in [3.63, 3.8) is 0 Å². The highest BCUT2D eigenvalue weighted by atomic mass is 79.9. The van der Waals surface area contributed by atoms with Gasteiger partial charge in [0.15, 0.2) is 0 Å². The molecule has 88 valence electrons. The van der Waals surface area contributed by atoms with Crippen LogP contribution in [0.3, 0.4) is 0 Å². The van der Waals surface area contributed by atoms with Crippen LogP contribution in [-0.2, 0) is 13.0 Å². The van der Waals surface area contributed by atoms with E-state index >= 15 is 0 Å². The fourth-order valence-corrected chi connectivity index (χ4v) is 2.70. The van der Waals surface area contributed by atoms with E-state index in [4.69, 9.17) is 9.72 Å². The maximum absolute atomic E-state index is 5.58. The maximum Gasteiger partial charge on any atom is 0.134 e. The van der Waals surface area contributed by atoms with Gasteiger partial charge in [-0.3, -0.25) is 4.98 Å². The highest BCUT2D eigenvalue weighted by Gasteiger charge is 2.18. The third-order valence-corrected chi connectivity index (χ3v) is 3.62. The van der Waals surface area contributed by atoms with Crippen molar-refractivity contribution in [1.82, 2.24) is 10.3 Å². The van der Waals surface area contributed by atoms with Crippen molar-refractivity contribution in [3.05, 3.63) is 33.9 Å². The number of halogens is 1. The fourth-order valence-electron chi connectivity index (χ4n) is 2.34. The Bertz CT molecular complexity index is 583. The summed E-state index contributed by atoms with van der Waals surface area (Å²) in [6, 6.07) is 6.11. The lowest BCUT2D eigenvalue weighted by Gasteiger charge is -2.20. The van der Waals surface area contributed by atoms with Crippen molar-refractivity contribution < 1.29 is 4.74 Å². The first-order valence-electron chi connectivity index (χ1n) is 5.65. The smallest absolute Gasteiger partial charge is 0.134 e. The maximum atomic E-state index is 5.58. The number of nitrogens with one attached hydrogen (secondary N) is 1. The van der Waals surface area contributed by atoms with Gasteiger partial charge in [-0.05, 0) is 18.2 Å². The van der Waals surface area contributed by atoms with Gasteiger partial charge >= 0.3 is 0 Å². The van der Waals surface area contributed by atoms with Crippen molar-refractivity contribution in [2.24, 2.45) is 0 Å². The summed E-state index contributed by atoms with van der Waals surface area (Å²) in [4.78, 5) is 4.72. The molecule has 0 radical (unpaired) electrons. The topological polar surface area (TPSA) is 34.1 Å². The Hall–Kier alpha value is -1.13. The third-order valence-electron chi connectivity index (χ3n) is 3.13. The first-order valence-corrected chi connectivity index (χ1v) is 6.44. The number of nitrogens with zero attached hydrogens (tertiary/aromatic N) is 1. The van der Waals surface area contributed by atoms with Crippen LogP contribution < -0.4 is 10.1 Å². The third kappa shape index (κ3) is 1.81. The SMILES string of the molecule is COc1c2c(nc3ccc(Br)cc13)CCNC2. The number of hydrogen-bond donors (Lipinski definition) is 1. The van der Waals surface area contributed by atoms with Gasteiger partial charge < -0.3 is 10.1 Å². The highest BCUT2D eigenvalue weighted by Crippen LogP contribution is 2.33. The van der Waals surface area contributed by atoms with E-state index in [9.17, 15) is 0 Å². The predicted octanol–water partition coefficient (Wildman–Crippen LogP) is 2.65. The summed E-state index contributed by atoms with van der Waals surface area (Å²) in [5.41, 5.74) is 3.37. The summed E-state index contributed by atoms with van der Waals surface area (Å²) in [5, 5.41) is 4.44. The number of fused-ring (bicyclic) bond motifs is 2. The minimum atomic E-state index is 0.841. The molecule has 0 aliphatic carbocycles. The Kier molecular flexibility index (Phi) is 2.76. The zero-order valence-electron chi connectivity index (χ0n) is 9.59. The van der Waals surface area contributed by atoms with Gasteiger partial charge in [0, 0.05) is 34.9 Å². The number of rotatable bonds is 1. The lowest BCUT2D eigenvalue weighted by atomic mass is 10.0. The summed E-state index contributed by atoms with van der Waals surface area (Å²) in [5.74, 6) is 0.957. The zero-order valence-corrected chi connectivity index (χ0v) is 11.2. The molecular formula is C13H13BrN2O. The molecule has 2 heterocycles. The van der Waals surface area contributed by atoms with Gasteiger partial charge in [-0.2, -0.15) is 0 Å². The average Bonchev–Trinajstić information content (AvgIpc) is 2.36. The Morgan fingerprint density at radius 2 is 2.29 bits per heavy atom. The van der Waals surface area contributed by atoms with Crippen LogP contribution in [0.4, 0.5) is 0 Å². The molecule has 1 aliphatic rings. The van der Waals surface area contributed by atoms with Crippen molar-refractivity contribution >= 4 is 26.8 Å². The number of aromatic nitrogens is 1. The molecule has 3 nitrogen and oxygen atoms in total. The second-order valence-corrected chi connectivity index (χ2v) is 5.07. The van der Waals surface area contributed by atoms with Gasteiger partial charge in [-0.15, -0.1) is 0 Å². The van der Waals surface area contributed by atoms with Crippen LogP contribution in [0.25, 0.3) is 10.9 Å². The van der Waals surface area contributed by atoms with Gasteiger partial charge in [-0.25, -0.2) is 0 Å². The predicted molar refractivity (Wildman–Crippen MR) is 71.4 cm³/mol. The highest BCUT2D eigenvalue weighted by molar-refractivity contribution is 9.10. The van der Waals surface area contributed by atoms with E-state index < -0.39 is 0 Å². The number of methoxy groups -OCH3 is 1. The molecule has 0 unspecified atom stereocenters. The molecule has 1 aromatic heterocycles. The molecular weight excluding hydrogens is 280 g/mol. The summed E-state index contributed by atoms with van der Waals surface area (Å²) in [6.45, 7) is 1.83. The van der Waals surface area contributed by atoms with Crippen molar-refractivity contribution in [2.45, 2.75) is 13.0 Å². The molecule has 0 atom stereocenters. The van der Waals surface area contributed by atoms with E-state index in [-0.39, 0.29) is 0 Å². The van der Waals surface area contributed by atoms with Crippen LogP contribution >= 0.6 is 15.9 Å². The van der Waals surface area contributed by atoms with Crippen molar-refractivity contribution in [1.29, 1.82) is 0 Å². The number of ether oxygens (including phenoxy) is 1. The minimum Gasteiger partial charge on any atom is -0.496 e. The van der Waals surface area contributed by atoms with E-state index in [2.05, 4.69) is 27.3 Å². The van der Waals surface area contributed by atoms with Crippen LogP contribution in [0.15, 0.2) is 22.7 Å². The quantitative estimate of drug-likeness (QED) is 0.877. The van der Waals surface area contributed by atoms with Crippen LogP contribution in [0.1, 0.15) is 11.3 Å². The Balaban J connectivity index is 2.35. The van der Waals surface area contributed by atoms with Gasteiger partial charge in [0.1, 0.15) is 5.75 Å². The van der Waals surface area contributed by atoms with E-state index in [0.29, 0.717) is 0 Å². The molecule has 3 rings (SSSR count). The van der Waals surface area contributed by atoms with E-state index in [0.717, 1.165) is 46.3 Å². The van der Waals surface area contributed by atoms with E-state index in [1.54, 1.807) is 7.11 Å². The molecule has 17 heavy (non-hydrogen) atoms. The summed E-state index contributed by atoms with van der Waals surface area (Å²) < 4.78 is 6.63. The van der Waals surface area contributed by atoms with Crippen LogP contribution in [0, 0.1) is 0 Å². The first kappa shape index (κ1) is 11.0. The molecule has 0 fully saturated rings. The minimum absolute atomic E-state index is 0.841. The molecule has 1 N–H and O–H groups in total. The van der Waals surface area contributed by atoms with Gasteiger partial charge in [-0.1, -0.05) is 15.9 Å².